The summed E-state index contributed by atoms with van der Waals surface area (Å²) in [6, 6.07) is 14.4. The minimum absolute atomic E-state index is 0.200. The highest BCUT2D eigenvalue weighted by atomic mass is 15.0. The number of nitrogens with two attached hydrogens (primary N) is 1. The van der Waals surface area contributed by atoms with Gasteiger partial charge in [0.05, 0.1) is 16.9 Å². The molecule has 0 fully saturated rings. The molecule has 0 atom stereocenters. The molecule has 2 heterocycles. The first-order chi connectivity index (χ1) is 13.6. The van der Waals surface area contributed by atoms with Crippen molar-refractivity contribution in [3.8, 4) is 0 Å². The normalized spacial score (nSPS) is 12.1. The molecule has 0 aliphatic heterocycles. The van der Waals surface area contributed by atoms with Crippen LogP contribution < -0.4 is 16.4 Å². The number of allylic oxidation sites excluding steroid dienone is 1. The standard InChI is InChI=1S/C22H26N6/c1-15(2)26-14-18(12-23)20-8-9-21(24-3)22(28-20)27-13-16-6-7-19-17(11-16)5-4-10-25-19/h4-12,14-15,24H,13,23H2,1-3H3,(H,27,28). The Labute approximate surface area is 165 Å². The molecule has 0 bridgehead atoms. The number of aromatic nitrogens is 2. The largest absolute Gasteiger partial charge is 0.404 e. The Bertz CT molecular complexity index is 1010. The highest BCUT2D eigenvalue weighted by molar-refractivity contribution is 6.09. The van der Waals surface area contributed by atoms with Crippen molar-refractivity contribution in [2.45, 2.75) is 26.4 Å². The summed E-state index contributed by atoms with van der Waals surface area (Å²) in [5.74, 6) is 0.767. The van der Waals surface area contributed by atoms with Gasteiger partial charge in [-0.2, -0.15) is 0 Å². The molecule has 0 aliphatic rings. The van der Waals surface area contributed by atoms with E-state index in [-0.39, 0.29) is 6.04 Å². The van der Waals surface area contributed by atoms with Crippen molar-refractivity contribution in [2.24, 2.45) is 10.7 Å². The SMILES string of the molecule is CNc1ccc(C(C=NC(C)C)=CN)nc1NCc1ccc2ncccc2c1. The maximum absolute atomic E-state index is 5.79. The predicted octanol–water partition coefficient (Wildman–Crippen LogP) is 4.06. The lowest BCUT2D eigenvalue weighted by molar-refractivity contribution is 0.842. The quantitative estimate of drug-likeness (QED) is 0.543. The fraction of sp³-hybridized carbons (Fsp3) is 0.227. The number of nitrogens with zero attached hydrogens (tertiary/aromatic N) is 3. The zero-order chi connectivity index (χ0) is 19.9. The molecule has 0 spiro atoms. The smallest absolute Gasteiger partial charge is 0.150 e. The third-order valence-corrected chi connectivity index (χ3v) is 4.28. The van der Waals surface area contributed by atoms with Crippen LogP contribution in [0.25, 0.3) is 16.5 Å². The van der Waals surface area contributed by atoms with Crippen LogP contribution in [0.4, 0.5) is 11.5 Å². The van der Waals surface area contributed by atoms with Gasteiger partial charge in [-0.25, -0.2) is 4.98 Å². The van der Waals surface area contributed by atoms with Crippen molar-refractivity contribution in [3.63, 3.8) is 0 Å². The monoisotopic (exact) mass is 374 g/mol. The summed E-state index contributed by atoms with van der Waals surface area (Å²) in [4.78, 5) is 13.5. The lowest BCUT2D eigenvalue weighted by Crippen LogP contribution is -2.07. The van der Waals surface area contributed by atoms with Crippen LogP contribution in [0.15, 0.2) is 59.9 Å². The van der Waals surface area contributed by atoms with Gasteiger partial charge in [-0.1, -0.05) is 12.1 Å². The Balaban J connectivity index is 1.83. The molecule has 6 heteroatoms. The number of rotatable bonds is 7. The molecule has 28 heavy (non-hydrogen) atoms. The molecule has 6 nitrogen and oxygen atoms in total. The lowest BCUT2D eigenvalue weighted by Gasteiger charge is -2.13. The zero-order valence-corrected chi connectivity index (χ0v) is 16.5. The lowest BCUT2D eigenvalue weighted by atomic mass is 10.1. The second kappa shape index (κ2) is 8.99. The van der Waals surface area contributed by atoms with Crippen LogP contribution in [0.2, 0.25) is 0 Å². The van der Waals surface area contributed by atoms with Crippen molar-refractivity contribution in [1.29, 1.82) is 0 Å². The van der Waals surface area contributed by atoms with Crippen LogP contribution in [-0.2, 0) is 6.54 Å². The van der Waals surface area contributed by atoms with E-state index in [1.807, 2.05) is 45.2 Å². The van der Waals surface area contributed by atoms with Crippen molar-refractivity contribution in [1.82, 2.24) is 9.97 Å². The van der Waals surface area contributed by atoms with E-state index in [0.29, 0.717) is 6.54 Å². The third-order valence-electron chi connectivity index (χ3n) is 4.28. The van der Waals surface area contributed by atoms with Gasteiger partial charge in [0, 0.05) is 49.2 Å². The van der Waals surface area contributed by atoms with Gasteiger partial charge in [-0.15, -0.1) is 0 Å². The summed E-state index contributed by atoms with van der Waals surface area (Å²) < 4.78 is 0. The fourth-order valence-electron chi connectivity index (χ4n) is 2.80. The van der Waals surface area contributed by atoms with Gasteiger partial charge in [0.1, 0.15) is 5.82 Å². The maximum Gasteiger partial charge on any atom is 0.150 e. The van der Waals surface area contributed by atoms with Gasteiger partial charge < -0.3 is 16.4 Å². The fourth-order valence-corrected chi connectivity index (χ4v) is 2.80. The summed E-state index contributed by atoms with van der Waals surface area (Å²) in [5, 5.41) is 7.72. The number of nitrogens with one attached hydrogen (secondary N) is 2. The highest BCUT2D eigenvalue weighted by Gasteiger charge is 2.08. The van der Waals surface area contributed by atoms with Gasteiger partial charge in [0.25, 0.3) is 0 Å². The molecule has 0 amide bonds. The number of hydrogen-bond acceptors (Lipinski definition) is 6. The van der Waals surface area contributed by atoms with Gasteiger partial charge in [0.15, 0.2) is 0 Å². The molecule has 0 unspecified atom stereocenters. The van der Waals surface area contributed by atoms with Crippen LogP contribution in [0, 0.1) is 0 Å². The summed E-state index contributed by atoms with van der Waals surface area (Å²) in [7, 11) is 1.88. The Morgan fingerprint density at radius 1 is 1.21 bits per heavy atom. The van der Waals surface area contributed by atoms with E-state index in [2.05, 4.69) is 38.8 Å². The molecule has 1 aromatic carbocycles. The number of benzene rings is 1. The third kappa shape index (κ3) is 4.65. The van der Waals surface area contributed by atoms with Gasteiger partial charge in [-0.05, 0) is 49.7 Å². The van der Waals surface area contributed by atoms with Crippen molar-refractivity contribution in [3.05, 3.63) is 66.1 Å². The average Bonchev–Trinajstić information content (AvgIpc) is 2.72. The summed E-state index contributed by atoms with van der Waals surface area (Å²) >= 11 is 0. The molecule has 0 saturated heterocycles. The topological polar surface area (TPSA) is 88.2 Å². The molecular formula is C22H26N6. The second-order valence-corrected chi connectivity index (χ2v) is 6.72. The van der Waals surface area contributed by atoms with E-state index in [1.54, 1.807) is 12.4 Å². The number of pyridine rings is 2. The van der Waals surface area contributed by atoms with Gasteiger partial charge >= 0.3 is 0 Å². The van der Waals surface area contributed by atoms with Crippen molar-refractivity contribution >= 4 is 34.2 Å². The molecule has 0 saturated carbocycles. The van der Waals surface area contributed by atoms with Crippen molar-refractivity contribution in [2.75, 3.05) is 17.7 Å². The zero-order valence-electron chi connectivity index (χ0n) is 16.5. The Kier molecular flexibility index (Phi) is 6.22. The van der Waals surface area contributed by atoms with Crippen LogP contribution >= 0.6 is 0 Å². The van der Waals surface area contributed by atoms with Crippen LogP contribution in [-0.4, -0.2) is 29.3 Å². The second-order valence-electron chi connectivity index (χ2n) is 6.72. The van der Waals surface area contributed by atoms with Crippen molar-refractivity contribution < 1.29 is 0 Å². The minimum atomic E-state index is 0.200. The molecule has 2 aromatic heterocycles. The van der Waals surface area contributed by atoms with E-state index in [1.165, 1.54) is 6.20 Å². The average molecular weight is 374 g/mol. The van der Waals surface area contributed by atoms with E-state index in [9.17, 15) is 0 Å². The number of hydrogen-bond donors (Lipinski definition) is 3. The molecular weight excluding hydrogens is 348 g/mol. The Morgan fingerprint density at radius 2 is 2.07 bits per heavy atom. The first kappa shape index (κ1) is 19.4. The number of fused-ring (bicyclic) bond motifs is 1. The molecule has 0 aliphatic carbocycles. The van der Waals surface area contributed by atoms with Crippen LogP contribution in [0.5, 0.6) is 0 Å². The molecule has 4 N–H and O–H groups in total. The van der Waals surface area contributed by atoms with Crippen LogP contribution in [0.3, 0.4) is 0 Å². The van der Waals surface area contributed by atoms with Gasteiger partial charge in [0.2, 0.25) is 0 Å². The van der Waals surface area contributed by atoms with E-state index < -0.39 is 0 Å². The first-order valence-electron chi connectivity index (χ1n) is 9.32. The predicted molar refractivity (Wildman–Crippen MR) is 119 cm³/mol. The molecule has 0 radical (unpaired) electrons. The van der Waals surface area contributed by atoms with Crippen LogP contribution in [0.1, 0.15) is 25.1 Å². The number of anilines is 2. The molecule has 3 aromatic rings. The van der Waals surface area contributed by atoms with E-state index in [4.69, 9.17) is 10.7 Å². The Hall–Kier alpha value is -3.41. The van der Waals surface area contributed by atoms with Gasteiger partial charge in [-0.3, -0.25) is 9.98 Å². The maximum atomic E-state index is 5.79. The number of aliphatic imine (C=N–C) groups is 1. The molecule has 3 rings (SSSR count). The van der Waals surface area contributed by atoms with E-state index in [0.717, 1.165) is 39.2 Å². The highest BCUT2D eigenvalue weighted by Crippen LogP contribution is 2.23. The summed E-state index contributed by atoms with van der Waals surface area (Å²) in [6.45, 7) is 4.69. The minimum Gasteiger partial charge on any atom is -0.404 e. The summed E-state index contributed by atoms with van der Waals surface area (Å²) in [6.07, 6.45) is 5.11. The Morgan fingerprint density at radius 3 is 2.82 bits per heavy atom. The molecule has 144 valence electrons. The summed E-state index contributed by atoms with van der Waals surface area (Å²) in [5.41, 5.74) is 10.4. The first-order valence-corrected chi connectivity index (χ1v) is 9.32. The van der Waals surface area contributed by atoms with E-state index >= 15 is 0 Å².